The molecule has 0 bridgehead atoms. The Morgan fingerprint density at radius 1 is 1.29 bits per heavy atom. The van der Waals surface area contributed by atoms with Crippen LogP contribution in [0.2, 0.25) is 0 Å². The lowest BCUT2D eigenvalue weighted by molar-refractivity contribution is -0.712. The summed E-state index contributed by atoms with van der Waals surface area (Å²) in [6, 6.07) is 0. The SMILES string of the molecule is CCCCC[NH+]([O-])S(=O)(=O)C(F)(F)F. The Morgan fingerprint density at radius 2 is 1.79 bits per heavy atom. The van der Waals surface area contributed by atoms with Gasteiger partial charge < -0.3 is 5.21 Å². The highest BCUT2D eigenvalue weighted by molar-refractivity contribution is 7.86. The first kappa shape index (κ1) is 13.7. The summed E-state index contributed by atoms with van der Waals surface area (Å²) in [6.45, 7) is 1.23. The zero-order chi connectivity index (χ0) is 11.4. The maximum atomic E-state index is 11.8. The Morgan fingerprint density at radius 3 is 2.14 bits per heavy atom. The molecule has 0 aliphatic rings. The predicted molar refractivity (Wildman–Crippen MR) is 43.7 cm³/mol. The molecular weight excluding hydrogens is 223 g/mol. The highest BCUT2D eigenvalue weighted by Crippen LogP contribution is 2.19. The maximum absolute atomic E-state index is 11.8. The zero-order valence-electron chi connectivity index (χ0n) is 7.60. The molecule has 0 aromatic carbocycles. The predicted octanol–water partition coefficient (Wildman–Crippen LogP) is 0.409. The van der Waals surface area contributed by atoms with Gasteiger partial charge in [-0.2, -0.15) is 21.6 Å². The van der Waals surface area contributed by atoms with Crippen molar-refractivity contribution in [2.24, 2.45) is 0 Å². The number of sulfonamides is 1. The molecule has 0 spiro atoms. The van der Waals surface area contributed by atoms with Crippen molar-refractivity contribution in [2.75, 3.05) is 6.54 Å². The number of nitrogens with one attached hydrogen (secondary N) is 1. The highest BCUT2D eigenvalue weighted by Gasteiger charge is 2.51. The van der Waals surface area contributed by atoms with Crippen LogP contribution in [0.4, 0.5) is 13.2 Å². The van der Waals surface area contributed by atoms with Gasteiger partial charge in [-0.15, -0.1) is 0 Å². The van der Waals surface area contributed by atoms with Gasteiger partial charge in [0.05, 0.1) is 6.54 Å². The summed E-state index contributed by atoms with van der Waals surface area (Å²) in [4.78, 5) is 0. The van der Waals surface area contributed by atoms with Crippen LogP contribution in [0.15, 0.2) is 0 Å². The van der Waals surface area contributed by atoms with E-state index in [-0.39, 0.29) is 6.42 Å². The first-order valence-corrected chi connectivity index (χ1v) is 5.56. The Labute approximate surface area is 80.3 Å². The lowest BCUT2D eigenvalue weighted by atomic mass is 10.3. The number of unbranched alkanes of at least 4 members (excludes halogenated alkanes) is 2. The van der Waals surface area contributed by atoms with Crippen LogP contribution >= 0.6 is 0 Å². The van der Waals surface area contributed by atoms with Gasteiger partial charge in [0.15, 0.2) is 0 Å². The molecule has 0 radical (unpaired) electrons. The summed E-state index contributed by atoms with van der Waals surface area (Å²) in [7, 11) is -5.60. The van der Waals surface area contributed by atoms with E-state index >= 15 is 0 Å². The van der Waals surface area contributed by atoms with Gasteiger partial charge in [0.2, 0.25) is 0 Å². The smallest absolute Gasteiger partial charge is 0.549 e. The Kier molecular flexibility index (Phi) is 4.82. The van der Waals surface area contributed by atoms with Crippen LogP contribution in [0.5, 0.6) is 0 Å². The van der Waals surface area contributed by atoms with Crippen LogP contribution in [0.3, 0.4) is 0 Å². The molecule has 0 aliphatic heterocycles. The summed E-state index contributed by atoms with van der Waals surface area (Å²) >= 11 is 0. The third kappa shape index (κ3) is 3.43. The van der Waals surface area contributed by atoms with E-state index in [1.165, 1.54) is 0 Å². The molecular formula is C6H12F3NO3S. The monoisotopic (exact) mass is 235 g/mol. The molecule has 0 aromatic rings. The van der Waals surface area contributed by atoms with Gasteiger partial charge in [0, 0.05) is 0 Å². The number of hydrogen-bond donors (Lipinski definition) is 1. The minimum Gasteiger partial charge on any atom is -0.618 e. The van der Waals surface area contributed by atoms with E-state index in [1.807, 2.05) is 0 Å². The van der Waals surface area contributed by atoms with Crippen molar-refractivity contribution in [3.05, 3.63) is 5.21 Å². The van der Waals surface area contributed by atoms with E-state index in [0.717, 1.165) is 0 Å². The van der Waals surface area contributed by atoms with Crippen LogP contribution < -0.4 is 4.47 Å². The second-order valence-electron chi connectivity index (χ2n) is 2.78. The first-order chi connectivity index (χ1) is 6.23. The standard InChI is InChI=1S/C6H12F3NO3S/c1-2-3-4-5-10(11)14(12,13)6(7,8)9/h10H,2-5H2,1H3. The summed E-state index contributed by atoms with van der Waals surface area (Å²) in [6.07, 6.45) is 1.42. The third-order valence-electron chi connectivity index (χ3n) is 1.59. The van der Waals surface area contributed by atoms with Crippen LogP contribution in [0.1, 0.15) is 26.2 Å². The van der Waals surface area contributed by atoms with Crippen molar-refractivity contribution in [3.8, 4) is 0 Å². The van der Waals surface area contributed by atoms with Gasteiger partial charge >= 0.3 is 15.5 Å². The molecule has 0 saturated heterocycles. The van der Waals surface area contributed by atoms with E-state index in [2.05, 4.69) is 0 Å². The van der Waals surface area contributed by atoms with Crippen molar-refractivity contribution in [2.45, 2.75) is 31.7 Å². The second kappa shape index (κ2) is 4.94. The number of hydrogen-bond acceptors (Lipinski definition) is 3. The fourth-order valence-corrected chi connectivity index (χ4v) is 1.45. The first-order valence-electron chi connectivity index (χ1n) is 4.07. The summed E-state index contributed by atoms with van der Waals surface area (Å²) in [5, 5.41) is 10.7. The number of hydroxylamine groups is 1. The lowest BCUT2D eigenvalue weighted by Crippen LogP contribution is -3.10. The average Bonchev–Trinajstić information content (AvgIpc) is 2.02. The van der Waals surface area contributed by atoms with E-state index in [4.69, 9.17) is 0 Å². The van der Waals surface area contributed by atoms with Crippen molar-refractivity contribution in [1.82, 2.24) is 0 Å². The quantitative estimate of drug-likeness (QED) is 0.554. The Bertz CT molecular complexity index is 262. The van der Waals surface area contributed by atoms with Gasteiger partial charge in [0.25, 0.3) is 0 Å². The molecule has 0 heterocycles. The number of halogens is 3. The van der Waals surface area contributed by atoms with Gasteiger partial charge in [-0.1, -0.05) is 13.3 Å². The van der Waals surface area contributed by atoms with E-state index in [1.54, 1.807) is 6.92 Å². The average molecular weight is 235 g/mol. The molecule has 14 heavy (non-hydrogen) atoms. The van der Waals surface area contributed by atoms with Crippen LogP contribution in [0.25, 0.3) is 0 Å². The minimum absolute atomic E-state index is 0.171. The number of alkyl halides is 3. The molecule has 0 aliphatic carbocycles. The normalized spacial score (nSPS) is 15.5. The molecule has 0 saturated carbocycles. The molecule has 4 nitrogen and oxygen atoms in total. The van der Waals surface area contributed by atoms with Crippen molar-refractivity contribution < 1.29 is 26.1 Å². The van der Waals surface area contributed by atoms with E-state index in [0.29, 0.717) is 12.8 Å². The molecule has 0 aromatic heterocycles. The molecule has 0 rings (SSSR count). The maximum Gasteiger partial charge on any atom is 0.549 e. The van der Waals surface area contributed by atoms with Gasteiger partial charge in [-0.25, -0.2) is 0 Å². The van der Waals surface area contributed by atoms with E-state index < -0.39 is 26.5 Å². The molecule has 8 heteroatoms. The summed E-state index contributed by atoms with van der Waals surface area (Å²) in [5.74, 6) is 0. The van der Waals surface area contributed by atoms with Gasteiger partial charge in [-0.3, -0.25) is 4.47 Å². The summed E-state index contributed by atoms with van der Waals surface area (Å²) < 4.78 is 54.6. The van der Waals surface area contributed by atoms with Crippen LogP contribution in [-0.2, 0) is 10.0 Å². The van der Waals surface area contributed by atoms with Crippen LogP contribution in [-0.4, -0.2) is 20.5 Å². The van der Waals surface area contributed by atoms with Gasteiger partial charge in [0.1, 0.15) is 0 Å². The zero-order valence-corrected chi connectivity index (χ0v) is 8.41. The molecule has 1 unspecified atom stereocenters. The highest BCUT2D eigenvalue weighted by atomic mass is 32.2. The number of rotatable bonds is 5. The second-order valence-corrected chi connectivity index (χ2v) is 4.70. The minimum atomic E-state index is -5.60. The van der Waals surface area contributed by atoms with Crippen molar-refractivity contribution >= 4 is 10.0 Å². The Hall–Kier alpha value is -0.340. The molecule has 0 amide bonds. The molecule has 1 N–H and O–H groups in total. The summed E-state index contributed by atoms with van der Waals surface area (Å²) in [5.41, 5.74) is -5.46. The van der Waals surface area contributed by atoms with Gasteiger partial charge in [-0.05, 0) is 12.8 Å². The Balaban J connectivity index is 4.31. The molecule has 86 valence electrons. The number of quaternary nitrogens is 1. The van der Waals surface area contributed by atoms with Crippen molar-refractivity contribution in [1.29, 1.82) is 0 Å². The fourth-order valence-electron chi connectivity index (χ4n) is 0.783. The third-order valence-corrected chi connectivity index (χ3v) is 3.00. The topological polar surface area (TPSA) is 61.6 Å². The van der Waals surface area contributed by atoms with Crippen LogP contribution in [0, 0.1) is 5.21 Å². The largest absolute Gasteiger partial charge is 0.618 e. The lowest BCUT2D eigenvalue weighted by Gasteiger charge is -2.21. The fraction of sp³-hybridized carbons (Fsp3) is 1.00. The van der Waals surface area contributed by atoms with E-state index in [9.17, 15) is 26.8 Å². The molecule has 1 atom stereocenters. The van der Waals surface area contributed by atoms with Crippen molar-refractivity contribution in [3.63, 3.8) is 0 Å². The molecule has 0 fully saturated rings.